The molecule has 1 aromatic carbocycles. The molecule has 0 saturated carbocycles. The van der Waals surface area contributed by atoms with E-state index in [0.29, 0.717) is 51.7 Å². The SMILES string of the molecule is CCOc1ccc(C(=O)NNC(=O)c2cc(C)nc3c2c(C)nn3C)cc1OC. The summed E-state index contributed by atoms with van der Waals surface area (Å²) in [5.41, 5.74) is 7.56. The monoisotopic (exact) mass is 397 g/mol. The number of hydrogen-bond donors (Lipinski definition) is 2. The number of amides is 2. The lowest BCUT2D eigenvalue weighted by atomic mass is 10.1. The van der Waals surface area contributed by atoms with Crippen LogP contribution in [0.3, 0.4) is 0 Å². The average molecular weight is 397 g/mol. The Labute approximate surface area is 168 Å². The van der Waals surface area contributed by atoms with Gasteiger partial charge >= 0.3 is 0 Å². The quantitative estimate of drug-likeness (QED) is 0.638. The zero-order chi connectivity index (χ0) is 21.1. The summed E-state index contributed by atoms with van der Waals surface area (Å²) in [6.45, 7) is 5.94. The Morgan fingerprint density at radius 1 is 1.10 bits per heavy atom. The van der Waals surface area contributed by atoms with E-state index in [1.807, 2.05) is 6.92 Å². The summed E-state index contributed by atoms with van der Waals surface area (Å²) in [5.74, 6) is 0.0352. The number of nitrogens with one attached hydrogen (secondary N) is 2. The maximum absolute atomic E-state index is 12.7. The minimum atomic E-state index is -0.482. The Hall–Kier alpha value is -3.62. The number of carbonyl (C=O) groups excluding carboxylic acids is 2. The Balaban J connectivity index is 1.79. The van der Waals surface area contributed by atoms with Crippen molar-refractivity contribution in [3.05, 3.63) is 46.8 Å². The van der Waals surface area contributed by atoms with Gasteiger partial charge in [0.05, 0.1) is 30.4 Å². The molecule has 0 radical (unpaired) electrons. The number of aryl methyl sites for hydroxylation is 3. The molecule has 2 heterocycles. The first-order valence-corrected chi connectivity index (χ1v) is 9.08. The van der Waals surface area contributed by atoms with E-state index in [4.69, 9.17) is 9.47 Å². The first-order chi connectivity index (χ1) is 13.8. The van der Waals surface area contributed by atoms with E-state index in [1.165, 1.54) is 7.11 Å². The molecule has 3 rings (SSSR count). The van der Waals surface area contributed by atoms with E-state index in [9.17, 15) is 9.59 Å². The van der Waals surface area contributed by atoms with E-state index in [0.717, 1.165) is 0 Å². The first kappa shape index (κ1) is 20.1. The molecule has 0 aliphatic heterocycles. The number of rotatable bonds is 5. The summed E-state index contributed by atoms with van der Waals surface area (Å²) < 4.78 is 12.3. The van der Waals surface area contributed by atoms with Crippen molar-refractivity contribution >= 4 is 22.8 Å². The predicted octanol–water partition coefficient (Wildman–Crippen LogP) is 2.07. The normalized spacial score (nSPS) is 10.7. The molecule has 0 bridgehead atoms. The molecule has 3 aromatic rings. The molecule has 0 saturated heterocycles. The van der Waals surface area contributed by atoms with Crippen LogP contribution in [0.1, 0.15) is 39.0 Å². The van der Waals surface area contributed by atoms with E-state index >= 15 is 0 Å². The topological polar surface area (TPSA) is 107 Å². The largest absolute Gasteiger partial charge is 0.493 e. The molecule has 0 fully saturated rings. The second-order valence-electron chi connectivity index (χ2n) is 6.43. The van der Waals surface area contributed by atoms with Crippen LogP contribution in [0, 0.1) is 13.8 Å². The highest BCUT2D eigenvalue weighted by atomic mass is 16.5. The zero-order valence-electron chi connectivity index (χ0n) is 17.0. The number of benzene rings is 1. The maximum atomic E-state index is 12.7. The van der Waals surface area contributed by atoms with Gasteiger partial charge < -0.3 is 9.47 Å². The van der Waals surface area contributed by atoms with Crippen molar-refractivity contribution in [2.75, 3.05) is 13.7 Å². The lowest BCUT2D eigenvalue weighted by Crippen LogP contribution is -2.41. The van der Waals surface area contributed by atoms with Gasteiger partial charge in [0.1, 0.15) is 0 Å². The number of hydrazine groups is 1. The zero-order valence-corrected chi connectivity index (χ0v) is 17.0. The number of nitrogens with zero attached hydrogens (tertiary/aromatic N) is 3. The number of hydrogen-bond acceptors (Lipinski definition) is 6. The van der Waals surface area contributed by atoms with Crippen LogP contribution in [0.25, 0.3) is 11.0 Å². The molecule has 0 unspecified atom stereocenters. The minimum Gasteiger partial charge on any atom is -0.493 e. The van der Waals surface area contributed by atoms with E-state index in [-0.39, 0.29) is 0 Å². The van der Waals surface area contributed by atoms with Crippen molar-refractivity contribution in [1.82, 2.24) is 25.6 Å². The van der Waals surface area contributed by atoms with Gasteiger partial charge in [0.25, 0.3) is 11.8 Å². The van der Waals surface area contributed by atoms with Gasteiger partial charge in [0, 0.05) is 18.3 Å². The van der Waals surface area contributed by atoms with Gasteiger partial charge in [-0.25, -0.2) is 4.98 Å². The molecule has 2 N–H and O–H groups in total. The van der Waals surface area contributed by atoms with Crippen LogP contribution in [-0.2, 0) is 7.05 Å². The van der Waals surface area contributed by atoms with Gasteiger partial charge in [0.15, 0.2) is 17.1 Å². The molecule has 9 nitrogen and oxygen atoms in total. The van der Waals surface area contributed by atoms with Gasteiger partial charge in [-0.05, 0) is 45.0 Å². The van der Waals surface area contributed by atoms with Gasteiger partial charge in [-0.2, -0.15) is 5.10 Å². The third kappa shape index (κ3) is 3.98. The second kappa shape index (κ2) is 8.17. The van der Waals surface area contributed by atoms with Crippen molar-refractivity contribution in [2.45, 2.75) is 20.8 Å². The maximum Gasteiger partial charge on any atom is 0.270 e. The highest BCUT2D eigenvalue weighted by Crippen LogP contribution is 2.28. The summed E-state index contributed by atoms with van der Waals surface area (Å²) in [4.78, 5) is 29.6. The molecule has 152 valence electrons. The van der Waals surface area contributed by atoms with Crippen LogP contribution in [0.5, 0.6) is 11.5 Å². The molecule has 0 spiro atoms. The number of fused-ring (bicyclic) bond motifs is 1. The summed E-state index contributed by atoms with van der Waals surface area (Å²) in [5, 5.41) is 4.97. The van der Waals surface area contributed by atoms with E-state index < -0.39 is 11.8 Å². The van der Waals surface area contributed by atoms with Gasteiger partial charge in [-0.3, -0.25) is 25.1 Å². The van der Waals surface area contributed by atoms with Crippen LogP contribution in [-0.4, -0.2) is 40.3 Å². The molecule has 2 amide bonds. The van der Waals surface area contributed by atoms with Crippen LogP contribution in [0.2, 0.25) is 0 Å². The van der Waals surface area contributed by atoms with Gasteiger partial charge in [-0.1, -0.05) is 0 Å². The van der Waals surface area contributed by atoms with E-state index in [2.05, 4.69) is 20.9 Å². The van der Waals surface area contributed by atoms with Crippen molar-refractivity contribution in [3.8, 4) is 11.5 Å². The van der Waals surface area contributed by atoms with Crippen LogP contribution in [0.4, 0.5) is 0 Å². The molecule has 29 heavy (non-hydrogen) atoms. The number of pyridine rings is 1. The highest BCUT2D eigenvalue weighted by Gasteiger charge is 2.19. The highest BCUT2D eigenvalue weighted by molar-refractivity contribution is 6.07. The van der Waals surface area contributed by atoms with Gasteiger partial charge in [-0.15, -0.1) is 0 Å². The van der Waals surface area contributed by atoms with Crippen molar-refractivity contribution < 1.29 is 19.1 Å². The summed E-state index contributed by atoms with van der Waals surface area (Å²) >= 11 is 0. The smallest absolute Gasteiger partial charge is 0.270 e. The summed E-state index contributed by atoms with van der Waals surface area (Å²) in [6, 6.07) is 6.45. The molecule has 2 aromatic heterocycles. The van der Waals surface area contributed by atoms with Crippen LogP contribution in [0.15, 0.2) is 24.3 Å². The standard InChI is InChI=1S/C20H23N5O4/c1-6-29-15-8-7-13(10-16(15)28-5)19(26)22-23-20(27)14-9-11(2)21-18-17(14)12(3)24-25(18)4/h7-10H,6H2,1-5H3,(H,22,26)(H,23,27). The number of methoxy groups -OCH3 is 1. The summed E-state index contributed by atoms with van der Waals surface area (Å²) in [6.07, 6.45) is 0. The Morgan fingerprint density at radius 3 is 2.52 bits per heavy atom. The van der Waals surface area contributed by atoms with E-state index in [1.54, 1.807) is 49.8 Å². The number of aromatic nitrogens is 3. The second-order valence-corrected chi connectivity index (χ2v) is 6.43. The third-order valence-electron chi connectivity index (χ3n) is 4.36. The summed E-state index contributed by atoms with van der Waals surface area (Å²) in [7, 11) is 3.26. The molecule has 0 aliphatic carbocycles. The van der Waals surface area contributed by atoms with Gasteiger partial charge in [0.2, 0.25) is 0 Å². The Kier molecular flexibility index (Phi) is 5.67. The average Bonchev–Trinajstić information content (AvgIpc) is 2.99. The number of carbonyl (C=O) groups is 2. The van der Waals surface area contributed by atoms with Crippen molar-refractivity contribution in [3.63, 3.8) is 0 Å². The van der Waals surface area contributed by atoms with Crippen LogP contribution < -0.4 is 20.3 Å². The molecular formula is C20H23N5O4. The number of ether oxygens (including phenoxy) is 2. The fraction of sp³-hybridized carbons (Fsp3) is 0.300. The predicted molar refractivity (Wildman–Crippen MR) is 107 cm³/mol. The molecule has 0 atom stereocenters. The Bertz CT molecular complexity index is 1090. The fourth-order valence-corrected chi connectivity index (χ4v) is 3.09. The third-order valence-corrected chi connectivity index (χ3v) is 4.36. The minimum absolute atomic E-state index is 0.319. The molecular weight excluding hydrogens is 374 g/mol. The Morgan fingerprint density at radius 2 is 1.83 bits per heavy atom. The fourth-order valence-electron chi connectivity index (χ4n) is 3.09. The lowest BCUT2D eigenvalue weighted by molar-refractivity contribution is 0.0847. The molecule has 9 heteroatoms. The molecule has 0 aliphatic rings. The van der Waals surface area contributed by atoms with Crippen molar-refractivity contribution in [1.29, 1.82) is 0 Å². The first-order valence-electron chi connectivity index (χ1n) is 9.08. The van der Waals surface area contributed by atoms with Crippen LogP contribution >= 0.6 is 0 Å². The lowest BCUT2D eigenvalue weighted by Gasteiger charge is -2.12. The van der Waals surface area contributed by atoms with Crippen molar-refractivity contribution in [2.24, 2.45) is 7.05 Å².